The molecule has 0 aliphatic heterocycles. The van der Waals surface area contributed by atoms with Crippen molar-refractivity contribution in [2.75, 3.05) is 33.0 Å². The fraction of sp³-hybridized carbons (Fsp3) is 0.462. The van der Waals surface area contributed by atoms with Crippen LogP contribution in [0.3, 0.4) is 0 Å². The third kappa shape index (κ3) is 3.75. The minimum atomic E-state index is -0.180. The van der Waals surface area contributed by atoms with Crippen molar-refractivity contribution in [2.45, 2.75) is 12.8 Å². The van der Waals surface area contributed by atoms with E-state index in [1.165, 1.54) is 0 Å². The molecule has 17 heavy (non-hydrogen) atoms. The average Bonchev–Trinajstić information content (AvgIpc) is 2.34. The van der Waals surface area contributed by atoms with Gasteiger partial charge >= 0.3 is 0 Å². The van der Waals surface area contributed by atoms with Crippen LogP contribution in [0.5, 0.6) is 0 Å². The Morgan fingerprint density at radius 2 is 2.24 bits per heavy atom. The third-order valence-electron chi connectivity index (χ3n) is 2.79. The molecule has 0 spiro atoms. The van der Waals surface area contributed by atoms with Crippen LogP contribution in [-0.2, 0) is 9.53 Å². The van der Waals surface area contributed by atoms with Crippen LogP contribution in [-0.4, -0.2) is 38.1 Å². The molecule has 0 heterocycles. The zero-order chi connectivity index (χ0) is 12.8. The molecule has 1 aromatic carbocycles. The quantitative estimate of drug-likeness (QED) is 0.788. The molecule has 1 amide bonds. The molecule has 1 aromatic rings. The number of hydrogen-bond donors (Lipinski definition) is 1. The van der Waals surface area contributed by atoms with Crippen molar-refractivity contribution in [1.29, 1.82) is 0 Å². The van der Waals surface area contributed by atoms with Gasteiger partial charge in [0.1, 0.15) is 0 Å². The van der Waals surface area contributed by atoms with Crippen LogP contribution in [0.15, 0.2) is 24.3 Å². The standard InChI is InChI=1S/C13H20N2O2/c1-10(11-5-4-6-12(14)9-11)13(16)15(2)7-8-17-3/h4-6,9-10H,7-8,14H2,1-3H3. The molecule has 1 unspecified atom stereocenters. The van der Waals surface area contributed by atoms with Crippen molar-refractivity contribution in [1.82, 2.24) is 4.90 Å². The number of carbonyl (C=O) groups excluding carboxylic acids is 1. The average molecular weight is 236 g/mol. The van der Waals surface area contributed by atoms with Gasteiger partial charge in [0.15, 0.2) is 0 Å². The molecule has 2 N–H and O–H groups in total. The van der Waals surface area contributed by atoms with Gasteiger partial charge in [0.2, 0.25) is 5.91 Å². The summed E-state index contributed by atoms with van der Waals surface area (Å²) in [6, 6.07) is 7.44. The zero-order valence-electron chi connectivity index (χ0n) is 10.6. The number of methoxy groups -OCH3 is 1. The number of hydrogen-bond acceptors (Lipinski definition) is 3. The number of nitrogens with two attached hydrogens (primary N) is 1. The predicted octanol–water partition coefficient (Wildman–Crippen LogP) is 1.48. The number of nitrogens with zero attached hydrogens (tertiary/aromatic N) is 1. The predicted molar refractivity (Wildman–Crippen MR) is 68.8 cm³/mol. The van der Waals surface area contributed by atoms with Crippen molar-refractivity contribution in [2.24, 2.45) is 0 Å². The Kier molecular flexibility index (Phi) is 4.97. The molecule has 0 saturated carbocycles. The first kappa shape index (κ1) is 13.5. The van der Waals surface area contributed by atoms with Crippen LogP contribution < -0.4 is 5.73 Å². The molecule has 1 rings (SSSR count). The Morgan fingerprint density at radius 3 is 2.82 bits per heavy atom. The molecule has 0 aliphatic carbocycles. The highest BCUT2D eigenvalue weighted by atomic mass is 16.5. The second kappa shape index (κ2) is 6.25. The summed E-state index contributed by atoms with van der Waals surface area (Å²) in [4.78, 5) is 13.8. The summed E-state index contributed by atoms with van der Waals surface area (Å²) in [5, 5.41) is 0. The van der Waals surface area contributed by atoms with Gasteiger partial charge in [-0.3, -0.25) is 4.79 Å². The zero-order valence-corrected chi connectivity index (χ0v) is 10.6. The molecule has 0 aliphatic rings. The fourth-order valence-electron chi connectivity index (χ4n) is 1.64. The molecule has 0 fully saturated rings. The second-order valence-electron chi connectivity index (χ2n) is 4.14. The van der Waals surface area contributed by atoms with E-state index in [0.717, 1.165) is 5.56 Å². The maximum atomic E-state index is 12.1. The lowest BCUT2D eigenvalue weighted by molar-refractivity contribution is -0.131. The number of rotatable bonds is 5. The Bertz CT molecular complexity index is 379. The molecular weight excluding hydrogens is 216 g/mol. The molecule has 94 valence electrons. The third-order valence-corrected chi connectivity index (χ3v) is 2.79. The first-order chi connectivity index (χ1) is 8.06. The topological polar surface area (TPSA) is 55.6 Å². The van der Waals surface area contributed by atoms with Crippen LogP contribution in [0.4, 0.5) is 5.69 Å². The summed E-state index contributed by atoms with van der Waals surface area (Å²) < 4.78 is 4.95. The Labute approximate surface area is 102 Å². The van der Waals surface area contributed by atoms with Crippen molar-refractivity contribution in [3.05, 3.63) is 29.8 Å². The summed E-state index contributed by atoms with van der Waals surface area (Å²) in [6.45, 7) is 3.04. The Balaban J connectivity index is 2.69. The van der Waals surface area contributed by atoms with E-state index >= 15 is 0 Å². The summed E-state index contributed by atoms with van der Waals surface area (Å²) in [6.07, 6.45) is 0. The van der Waals surface area contributed by atoms with E-state index in [0.29, 0.717) is 18.8 Å². The molecule has 0 aromatic heterocycles. The Morgan fingerprint density at radius 1 is 1.53 bits per heavy atom. The largest absolute Gasteiger partial charge is 0.399 e. The van der Waals surface area contributed by atoms with Crippen LogP contribution in [0.1, 0.15) is 18.4 Å². The molecule has 0 radical (unpaired) electrons. The SMILES string of the molecule is COCCN(C)C(=O)C(C)c1cccc(N)c1. The Hall–Kier alpha value is -1.55. The highest BCUT2D eigenvalue weighted by Gasteiger charge is 2.18. The number of likely N-dealkylation sites (N-methyl/N-ethyl adjacent to an activating group) is 1. The number of anilines is 1. The molecule has 4 heteroatoms. The number of ether oxygens (including phenoxy) is 1. The van der Waals surface area contributed by atoms with E-state index in [4.69, 9.17) is 10.5 Å². The lowest BCUT2D eigenvalue weighted by Crippen LogP contribution is -2.33. The van der Waals surface area contributed by atoms with Gasteiger partial charge in [-0.05, 0) is 24.6 Å². The van der Waals surface area contributed by atoms with Gasteiger partial charge in [0.05, 0.1) is 12.5 Å². The van der Waals surface area contributed by atoms with Gasteiger partial charge in [-0.15, -0.1) is 0 Å². The lowest BCUT2D eigenvalue weighted by atomic mass is 9.99. The maximum Gasteiger partial charge on any atom is 0.229 e. The van der Waals surface area contributed by atoms with Crippen molar-refractivity contribution in [3.8, 4) is 0 Å². The van der Waals surface area contributed by atoms with Gasteiger partial charge < -0.3 is 15.4 Å². The summed E-state index contributed by atoms with van der Waals surface area (Å²) >= 11 is 0. The molecule has 0 saturated heterocycles. The summed E-state index contributed by atoms with van der Waals surface area (Å²) in [7, 11) is 3.41. The van der Waals surface area contributed by atoms with Crippen molar-refractivity contribution in [3.63, 3.8) is 0 Å². The second-order valence-corrected chi connectivity index (χ2v) is 4.14. The van der Waals surface area contributed by atoms with Crippen LogP contribution in [0.2, 0.25) is 0 Å². The van der Waals surface area contributed by atoms with E-state index in [-0.39, 0.29) is 11.8 Å². The van der Waals surface area contributed by atoms with Gasteiger partial charge in [-0.25, -0.2) is 0 Å². The highest BCUT2D eigenvalue weighted by molar-refractivity contribution is 5.83. The molecule has 1 atom stereocenters. The summed E-state index contributed by atoms with van der Waals surface area (Å²) in [5.41, 5.74) is 7.33. The summed E-state index contributed by atoms with van der Waals surface area (Å²) in [5.74, 6) is -0.104. The molecule has 0 bridgehead atoms. The van der Waals surface area contributed by atoms with E-state index in [1.807, 2.05) is 31.2 Å². The maximum absolute atomic E-state index is 12.1. The first-order valence-electron chi connectivity index (χ1n) is 5.65. The van der Waals surface area contributed by atoms with Gasteiger partial charge in [0.25, 0.3) is 0 Å². The number of nitrogen functional groups attached to an aromatic ring is 1. The molecule has 4 nitrogen and oxygen atoms in total. The van der Waals surface area contributed by atoms with Crippen molar-refractivity contribution < 1.29 is 9.53 Å². The van der Waals surface area contributed by atoms with Crippen LogP contribution in [0, 0.1) is 0 Å². The number of benzene rings is 1. The van der Waals surface area contributed by atoms with Crippen LogP contribution in [0.25, 0.3) is 0 Å². The highest BCUT2D eigenvalue weighted by Crippen LogP contribution is 2.19. The number of amides is 1. The smallest absolute Gasteiger partial charge is 0.229 e. The van der Waals surface area contributed by atoms with Crippen LogP contribution >= 0.6 is 0 Å². The van der Waals surface area contributed by atoms with Gasteiger partial charge in [-0.2, -0.15) is 0 Å². The normalized spacial score (nSPS) is 12.2. The molecular formula is C13H20N2O2. The van der Waals surface area contributed by atoms with E-state index in [9.17, 15) is 4.79 Å². The van der Waals surface area contributed by atoms with Gasteiger partial charge in [-0.1, -0.05) is 12.1 Å². The van der Waals surface area contributed by atoms with E-state index in [2.05, 4.69) is 0 Å². The fourth-order valence-corrected chi connectivity index (χ4v) is 1.64. The lowest BCUT2D eigenvalue weighted by Gasteiger charge is -2.21. The minimum absolute atomic E-state index is 0.0765. The van der Waals surface area contributed by atoms with Crippen molar-refractivity contribution >= 4 is 11.6 Å². The minimum Gasteiger partial charge on any atom is -0.399 e. The number of carbonyl (C=O) groups is 1. The van der Waals surface area contributed by atoms with Gasteiger partial charge in [0, 0.05) is 26.4 Å². The van der Waals surface area contributed by atoms with E-state index in [1.54, 1.807) is 19.1 Å². The van der Waals surface area contributed by atoms with E-state index < -0.39 is 0 Å². The first-order valence-corrected chi connectivity index (χ1v) is 5.65. The monoisotopic (exact) mass is 236 g/mol.